The van der Waals surface area contributed by atoms with Crippen LogP contribution in [0.5, 0.6) is 0 Å². The number of fused-ring (bicyclic) bond motifs is 1. The van der Waals surface area contributed by atoms with E-state index in [1.807, 2.05) is 12.1 Å². The van der Waals surface area contributed by atoms with Crippen LogP contribution in [0.15, 0.2) is 18.2 Å². The van der Waals surface area contributed by atoms with Crippen molar-refractivity contribution in [2.75, 3.05) is 7.05 Å². The molecule has 0 unspecified atom stereocenters. The van der Waals surface area contributed by atoms with Crippen molar-refractivity contribution < 1.29 is 9.59 Å². The third-order valence-corrected chi connectivity index (χ3v) is 3.77. The highest BCUT2D eigenvalue weighted by Crippen LogP contribution is 2.31. The van der Waals surface area contributed by atoms with Crippen LogP contribution >= 0.6 is 23.2 Å². The standard InChI is InChI=1S/C13H13Cl2N3O2/c1-18(13(16)20)10(19)6-5-8-7-3-2-4-9(14)11(7)17-12(8)15/h2-4,17H,5-6H2,1H3,(H2,16,20). The number of carbonyl (C=O) groups is 2. The Morgan fingerprint density at radius 2 is 2.05 bits per heavy atom. The second-order valence-electron chi connectivity index (χ2n) is 4.37. The molecule has 0 spiro atoms. The first kappa shape index (κ1) is 14.7. The number of carbonyl (C=O) groups excluding carboxylic acids is 2. The molecule has 1 aromatic heterocycles. The summed E-state index contributed by atoms with van der Waals surface area (Å²) in [5, 5.41) is 1.89. The van der Waals surface area contributed by atoms with E-state index in [0.717, 1.165) is 21.4 Å². The van der Waals surface area contributed by atoms with Gasteiger partial charge in [-0.25, -0.2) is 4.79 Å². The number of para-hydroxylation sites is 1. The molecule has 0 atom stereocenters. The number of imide groups is 1. The normalized spacial score (nSPS) is 10.8. The zero-order valence-corrected chi connectivity index (χ0v) is 12.3. The molecule has 3 N–H and O–H groups in total. The highest BCUT2D eigenvalue weighted by atomic mass is 35.5. The number of nitrogens with zero attached hydrogens (tertiary/aromatic N) is 1. The number of hydrogen-bond donors (Lipinski definition) is 2. The van der Waals surface area contributed by atoms with Gasteiger partial charge in [-0.15, -0.1) is 0 Å². The van der Waals surface area contributed by atoms with Crippen LogP contribution in [0.25, 0.3) is 10.9 Å². The molecule has 0 saturated carbocycles. The molecule has 0 fully saturated rings. The number of nitrogens with one attached hydrogen (secondary N) is 1. The summed E-state index contributed by atoms with van der Waals surface area (Å²) in [6.07, 6.45) is 0.536. The van der Waals surface area contributed by atoms with Crippen LogP contribution in [0.1, 0.15) is 12.0 Å². The van der Waals surface area contributed by atoms with E-state index in [-0.39, 0.29) is 12.3 Å². The van der Waals surface area contributed by atoms with Gasteiger partial charge in [-0.05, 0) is 18.1 Å². The lowest BCUT2D eigenvalue weighted by Gasteiger charge is -2.11. The Hall–Kier alpha value is -1.72. The maximum Gasteiger partial charge on any atom is 0.321 e. The number of urea groups is 1. The van der Waals surface area contributed by atoms with Gasteiger partial charge in [0.1, 0.15) is 5.15 Å². The monoisotopic (exact) mass is 313 g/mol. The molecule has 1 heterocycles. The first-order valence-electron chi connectivity index (χ1n) is 5.92. The molecule has 0 aliphatic rings. The zero-order chi connectivity index (χ0) is 14.9. The largest absolute Gasteiger partial charge is 0.351 e. The fourth-order valence-corrected chi connectivity index (χ4v) is 2.49. The molecular weight excluding hydrogens is 301 g/mol. The van der Waals surface area contributed by atoms with Crippen molar-refractivity contribution in [3.8, 4) is 0 Å². The number of benzene rings is 1. The minimum absolute atomic E-state index is 0.138. The second kappa shape index (κ2) is 5.73. The third kappa shape index (κ3) is 2.73. The van der Waals surface area contributed by atoms with Crippen molar-refractivity contribution >= 4 is 46.0 Å². The van der Waals surface area contributed by atoms with E-state index >= 15 is 0 Å². The number of aryl methyl sites for hydroxylation is 1. The first-order chi connectivity index (χ1) is 9.41. The molecule has 3 amide bonds. The van der Waals surface area contributed by atoms with Crippen LogP contribution < -0.4 is 5.73 Å². The lowest BCUT2D eigenvalue weighted by Crippen LogP contribution is -2.37. The predicted molar refractivity (Wildman–Crippen MR) is 79.0 cm³/mol. The summed E-state index contributed by atoms with van der Waals surface area (Å²) in [6.45, 7) is 0. The number of aromatic amines is 1. The Bertz CT molecular complexity index is 682. The van der Waals surface area contributed by atoms with E-state index in [0.29, 0.717) is 16.6 Å². The maximum absolute atomic E-state index is 11.7. The van der Waals surface area contributed by atoms with Gasteiger partial charge < -0.3 is 10.7 Å². The summed E-state index contributed by atoms with van der Waals surface area (Å²) in [7, 11) is 1.35. The zero-order valence-electron chi connectivity index (χ0n) is 10.7. The number of aromatic nitrogens is 1. The van der Waals surface area contributed by atoms with Crippen molar-refractivity contribution in [3.05, 3.63) is 33.9 Å². The Balaban J connectivity index is 2.22. The van der Waals surface area contributed by atoms with Gasteiger partial charge in [0.25, 0.3) is 0 Å². The van der Waals surface area contributed by atoms with Crippen LogP contribution in [0, 0.1) is 0 Å². The molecule has 106 valence electrons. The van der Waals surface area contributed by atoms with E-state index in [2.05, 4.69) is 4.98 Å². The van der Waals surface area contributed by atoms with Crippen molar-refractivity contribution in [1.82, 2.24) is 9.88 Å². The van der Waals surface area contributed by atoms with E-state index in [9.17, 15) is 9.59 Å². The van der Waals surface area contributed by atoms with Crippen LogP contribution in [0.4, 0.5) is 4.79 Å². The lowest BCUT2D eigenvalue weighted by atomic mass is 10.1. The van der Waals surface area contributed by atoms with Gasteiger partial charge in [0, 0.05) is 18.9 Å². The van der Waals surface area contributed by atoms with E-state index in [1.54, 1.807) is 6.07 Å². The molecule has 1 aromatic carbocycles. The van der Waals surface area contributed by atoms with Crippen LogP contribution in [0.3, 0.4) is 0 Å². The first-order valence-corrected chi connectivity index (χ1v) is 6.68. The summed E-state index contributed by atoms with van der Waals surface area (Å²) in [5.41, 5.74) is 6.58. The highest BCUT2D eigenvalue weighted by molar-refractivity contribution is 6.37. The number of halogens is 2. The predicted octanol–water partition coefficient (Wildman–Crippen LogP) is 2.94. The topological polar surface area (TPSA) is 79.2 Å². The minimum Gasteiger partial charge on any atom is -0.351 e. The number of H-pyrrole nitrogens is 1. The van der Waals surface area contributed by atoms with E-state index in [4.69, 9.17) is 28.9 Å². The molecule has 0 radical (unpaired) electrons. The summed E-state index contributed by atoms with van der Waals surface area (Å²) >= 11 is 12.2. The van der Waals surface area contributed by atoms with Gasteiger partial charge >= 0.3 is 6.03 Å². The number of primary amides is 1. The van der Waals surface area contributed by atoms with Gasteiger partial charge in [-0.1, -0.05) is 35.3 Å². The van der Waals surface area contributed by atoms with Gasteiger partial charge in [0.05, 0.1) is 10.5 Å². The van der Waals surface area contributed by atoms with E-state index in [1.165, 1.54) is 7.05 Å². The fourth-order valence-electron chi connectivity index (χ4n) is 1.97. The fraction of sp³-hybridized carbons (Fsp3) is 0.231. The third-order valence-electron chi connectivity index (χ3n) is 3.13. The molecule has 0 aliphatic carbocycles. The molecule has 0 bridgehead atoms. The Kier molecular flexibility index (Phi) is 4.20. The molecule has 2 aromatic rings. The number of hydrogen-bond acceptors (Lipinski definition) is 2. The second-order valence-corrected chi connectivity index (χ2v) is 5.16. The smallest absolute Gasteiger partial charge is 0.321 e. The molecule has 2 rings (SSSR count). The molecule has 5 nitrogen and oxygen atoms in total. The number of nitrogens with two attached hydrogens (primary N) is 1. The average Bonchev–Trinajstić information content (AvgIpc) is 2.72. The highest BCUT2D eigenvalue weighted by Gasteiger charge is 2.17. The molecule has 0 aliphatic heterocycles. The molecular formula is C13H13Cl2N3O2. The van der Waals surface area contributed by atoms with Gasteiger partial charge in [-0.2, -0.15) is 0 Å². The Morgan fingerprint density at radius 3 is 2.70 bits per heavy atom. The Labute approximate surface area is 125 Å². The van der Waals surface area contributed by atoms with Gasteiger partial charge in [-0.3, -0.25) is 9.69 Å². The van der Waals surface area contributed by atoms with Crippen LogP contribution in [-0.4, -0.2) is 28.9 Å². The SMILES string of the molecule is CN(C(N)=O)C(=O)CCc1c(Cl)[nH]c2c(Cl)cccc12. The number of amides is 3. The Morgan fingerprint density at radius 1 is 1.35 bits per heavy atom. The summed E-state index contributed by atoms with van der Waals surface area (Å²) < 4.78 is 0. The molecule has 0 saturated heterocycles. The van der Waals surface area contributed by atoms with Crippen molar-refractivity contribution in [2.45, 2.75) is 12.8 Å². The number of rotatable bonds is 3. The van der Waals surface area contributed by atoms with Crippen molar-refractivity contribution in [3.63, 3.8) is 0 Å². The maximum atomic E-state index is 11.7. The molecule has 7 heteroatoms. The lowest BCUT2D eigenvalue weighted by molar-refractivity contribution is -0.127. The summed E-state index contributed by atoms with van der Waals surface area (Å²) in [4.78, 5) is 26.5. The quantitative estimate of drug-likeness (QED) is 0.913. The van der Waals surface area contributed by atoms with Crippen molar-refractivity contribution in [2.24, 2.45) is 5.73 Å². The van der Waals surface area contributed by atoms with Crippen LogP contribution in [0.2, 0.25) is 10.2 Å². The minimum atomic E-state index is -0.775. The summed E-state index contributed by atoms with van der Waals surface area (Å²) in [6, 6.07) is 4.67. The van der Waals surface area contributed by atoms with Gasteiger partial charge in [0.2, 0.25) is 5.91 Å². The van der Waals surface area contributed by atoms with Crippen LogP contribution in [-0.2, 0) is 11.2 Å². The van der Waals surface area contributed by atoms with E-state index < -0.39 is 6.03 Å². The average molecular weight is 314 g/mol. The van der Waals surface area contributed by atoms with Crippen molar-refractivity contribution in [1.29, 1.82) is 0 Å². The molecule has 20 heavy (non-hydrogen) atoms. The van der Waals surface area contributed by atoms with Gasteiger partial charge in [0.15, 0.2) is 0 Å². The summed E-state index contributed by atoms with van der Waals surface area (Å²) in [5.74, 6) is -0.357.